The van der Waals surface area contributed by atoms with Crippen molar-refractivity contribution < 1.29 is 43.3 Å². The fraction of sp³-hybridized carbons (Fsp3) is 0.472. The highest BCUT2D eigenvalue weighted by atomic mass is 79.9. The van der Waals surface area contributed by atoms with Gasteiger partial charge in [-0.15, -0.1) is 17.9 Å². The van der Waals surface area contributed by atoms with Gasteiger partial charge in [0, 0.05) is 35.6 Å². The lowest BCUT2D eigenvalue weighted by Crippen LogP contribution is -2.59. The maximum Gasteiger partial charge on any atom is 0.407 e. The predicted molar refractivity (Wildman–Crippen MR) is 201 cm³/mol. The van der Waals surface area contributed by atoms with E-state index in [4.69, 9.17) is 19.2 Å². The van der Waals surface area contributed by atoms with Crippen molar-refractivity contribution in [3.63, 3.8) is 0 Å². The molecule has 4 N–H and O–H groups in total. The summed E-state index contributed by atoms with van der Waals surface area (Å²) in [6.45, 7) is 12.4. The summed E-state index contributed by atoms with van der Waals surface area (Å²) in [5.41, 5.74) is -0.955. The lowest BCUT2D eigenvalue weighted by Gasteiger charge is -2.35. The molecule has 0 bridgehead atoms. The van der Waals surface area contributed by atoms with E-state index in [0.29, 0.717) is 43.4 Å². The predicted octanol–water partition coefficient (Wildman–Crippen LogP) is 5.13. The summed E-state index contributed by atoms with van der Waals surface area (Å²) in [5.74, 6) is -2.21. The molecule has 2 fully saturated rings. The Morgan fingerprint density at radius 3 is 2.51 bits per heavy atom. The van der Waals surface area contributed by atoms with E-state index in [1.54, 1.807) is 58.2 Å². The number of ether oxygens (including phenoxy) is 3. The molecule has 1 aromatic carbocycles. The molecule has 3 aromatic rings. The number of amides is 4. The lowest BCUT2D eigenvalue weighted by molar-refractivity contribution is -0.146. The molecule has 53 heavy (non-hydrogen) atoms. The van der Waals surface area contributed by atoms with Crippen LogP contribution in [0.25, 0.3) is 22.3 Å². The van der Waals surface area contributed by atoms with Crippen LogP contribution in [0.2, 0.25) is 0 Å². The SMILES string of the molecule is C=C[C@@H]1C[C@]1(NC(=O)[C@@H]1C[C@@H](Oc2cc(-c3csc(NC(=O)CC)n3)nc3c(Br)c(OC)ccc23)CN1C(=O)[C@@H](NC(=O)OCC)C(C)(C)C)C(=O)O. The van der Waals surface area contributed by atoms with Gasteiger partial charge in [0.1, 0.15) is 40.9 Å². The maximum absolute atomic E-state index is 14.4. The molecule has 17 heteroatoms. The number of hydrogen-bond donors (Lipinski definition) is 4. The van der Waals surface area contributed by atoms with Crippen LogP contribution in [-0.2, 0) is 23.9 Å². The number of nitrogens with zero attached hydrogens (tertiary/aromatic N) is 3. The van der Waals surface area contributed by atoms with Crippen molar-refractivity contribution in [3.8, 4) is 22.9 Å². The zero-order valence-corrected chi connectivity index (χ0v) is 32.7. The molecule has 2 aromatic heterocycles. The highest BCUT2D eigenvalue weighted by Gasteiger charge is 2.61. The van der Waals surface area contributed by atoms with Crippen LogP contribution in [0.3, 0.4) is 0 Å². The number of methoxy groups -OCH3 is 1. The summed E-state index contributed by atoms with van der Waals surface area (Å²) in [5, 5.41) is 20.9. The summed E-state index contributed by atoms with van der Waals surface area (Å²) < 4.78 is 17.8. The molecule has 1 saturated carbocycles. The van der Waals surface area contributed by atoms with E-state index >= 15 is 0 Å². The van der Waals surface area contributed by atoms with Crippen LogP contribution in [0.5, 0.6) is 11.5 Å². The average Bonchev–Trinajstić information content (AvgIpc) is 3.39. The van der Waals surface area contributed by atoms with Crippen LogP contribution in [0.4, 0.5) is 9.93 Å². The minimum Gasteiger partial charge on any atom is -0.495 e. The first-order chi connectivity index (χ1) is 25.1. The number of rotatable bonds is 13. The van der Waals surface area contributed by atoms with Gasteiger partial charge in [-0.1, -0.05) is 33.8 Å². The Morgan fingerprint density at radius 1 is 1.17 bits per heavy atom. The number of thiazole rings is 1. The third-order valence-corrected chi connectivity index (χ3v) is 10.7. The Balaban J connectivity index is 1.53. The van der Waals surface area contributed by atoms with Gasteiger partial charge in [0.05, 0.1) is 35.9 Å². The van der Waals surface area contributed by atoms with E-state index in [9.17, 15) is 29.1 Å². The summed E-state index contributed by atoms with van der Waals surface area (Å²) in [7, 11) is 1.53. The zero-order chi connectivity index (χ0) is 38.8. The fourth-order valence-electron chi connectivity index (χ4n) is 6.23. The summed E-state index contributed by atoms with van der Waals surface area (Å²) in [6, 6.07) is 2.97. The van der Waals surface area contributed by atoms with Crippen molar-refractivity contribution in [1.82, 2.24) is 25.5 Å². The minimum atomic E-state index is -1.54. The van der Waals surface area contributed by atoms with Crippen LogP contribution in [-0.4, -0.2) is 93.7 Å². The summed E-state index contributed by atoms with van der Waals surface area (Å²) >= 11 is 4.84. The third kappa shape index (κ3) is 8.25. The monoisotopic (exact) mass is 814 g/mol. The second kappa shape index (κ2) is 15.7. The molecule has 5 atom stereocenters. The molecule has 1 aliphatic carbocycles. The van der Waals surface area contributed by atoms with Gasteiger partial charge in [0.15, 0.2) is 5.13 Å². The van der Waals surface area contributed by atoms with Gasteiger partial charge in [-0.2, -0.15) is 0 Å². The molecule has 1 aliphatic heterocycles. The second-order valence-electron chi connectivity index (χ2n) is 13.9. The molecule has 0 radical (unpaired) electrons. The molecule has 0 spiro atoms. The molecule has 1 saturated heterocycles. The summed E-state index contributed by atoms with van der Waals surface area (Å²) in [6.07, 6.45) is 0.387. The average molecular weight is 816 g/mol. The number of likely N-dealkylation sites (tertiary alicyclic amines) is 1. The van der Waals surface area contributed by atoms with Crippen molar-refractivity contribution in [2.45, 2.75) is 77.6 Å². The van der Waals surface area contributed by atoms with E-state index in [1.165, 1.54) is 29.4 Å². The Bertz CT molecular complexity index is 1950. The van der Waals surface area contributed by atoms with Crippen LogP contribution in [0.15, 0.2) is 40.7 Å². The number of anilines is 1. The van der Waals surface area contributed by atoms with Crippen molar-refractivity contribution in [1.29, 1.82) is 0 Å². The number of carboxylic acid groups (broad SMARTS) is 1. The molecule has 284 valence electrons. The highest BCUT2D eigenvalue weighted by molar-refractivity contribution is 9.10. The summed E-state index contributed by atoms with van der Waals surface area (Å²) in [4.78, 5) is 76.0. The Morgan fingerprint density at radius 2 is 1.91 bits per heavy atom. The fourth-order valence-corrected chi connectivity index (χ4v) is 7.55. The Labute approximate surface area is 319 Å². The molecule has 2 aliphatic rings. The van der Waals surface area contributed by atoms with E-state index in [2.05, 4.69) is 43.4 Å². The molecule has 0 unspecified atom stereocenters. The molecular weight excluding hydrogens is 772 g/mol. The van der Waals surface area contributed by atoms with E-state index < -0.39 is 58.9 Å². The number of hydrogen-bond acceptors (Lipinski definition) is 11. The van der Waals surface area contributed by atoms with Gasteiger partial charge >= 0.3 is 12.1 Å². The molecule has 15 nitrogen and oxygen atoms in total. The number of carbonyl (C=O) groups excluding carboxylic acids is 4. The molecule has 4 amide bonds. The second-order valence-corrected chi connectivity index (χ2v) is 15.5. The highest BCUT2D eigenvalue weighted by Crippen LogP contribution is 2.45. The smallest absolute Gasteiger partial charge is 0.407 e. The van der Waals surface area contributed by atoms with Gasteiger partial charge in [-0.05, 0) is 46.8 Å². The number of benzene rings is 1. The number of fused-ring (bicyclic) bond motifs is 1. The number of alkyl carbamates (subject to hydrolysis) is 1. The van der Waals surface area contributed by atoms with Crippen LogP contribution in [0.1, 0.15) is 53.9 Å². The van der Waals surface area contributed by atoms with Crippen molar-refractivity contribution in [2.24, 2.45) is 11.3 Å². The van der Waals surface area contributed by atoms with Crippen LogP contribution >= 0.6 is 27.3 Å². The molecule has 3 heterocycles. The van der Waals surface area contributed by atoms with E-state index in [1.807, 2.05) is 0 Å². The topological polar surface area (TPSA) is 198 Å². The van der Waals surface area contributed by atoms with E-state index in [0.717, 1.165) is 0 Å². The zero-order valence-electron chi connectivity index (χ0n) is 30.3. The van der Waals surface area contributed by atoms with Crippen LogP contribution in [0, 0.1) is 11.3 Å². The van der Waals surface area contributed by atoms with Gasteiger partial charge in [-0.25, -0.2) is 19.6 Å². The first-order valence-electron chi connectivity index (χ1n) is 17.1. The number of aromatic nitrogens is 2. The molecule has 5 rings (SSSR count). The van der Waals surface area contributed by atoms with Gasteiger partial charge < -0.3 is 40.2 Å². The standard InChI is InChI=1S/C36H43BrN6O9S/c1-8-18-15-36(18,32(47)48)42-30(45)23-13-19(16-43(23)31(46)29(35(4,5)6)41-34(49)51-10-3)52-25-14-21(22-17-53-33(39-22)40-26(44)9-2)38-28-20(25)11-12-24(50-7)27(28)37/h8,11-12,14,17-19,23,29H,1,9-10,13,15-16H2,2-7H3,(H,41,49)(H,42,45)(H,47,48)(H,39,40,44)/t18-,19-,23+,29-,36-/m1/s1. The quantitative estimate of drug-likeness (QED) is 0.167. The number of pyridine rings is 1. The first kappa shape index (κ1) is 39.4. The van der Waals surface area contributed by atoms with Crippen molar-refractivity contribution >= 4 is 73.1 Å². The minimum absolute atomic E-state index is 0.00265. The number of carboxylic acids is 1. The first-order valence-corrected chi connectivity index (χ1v) is 18.7. The molecular formula is C36H43BrN6O9S. The number of halogens is 1. The lowest BCUT2D eigenvalue weighted by atomic mass is 9.85. The van der Waals surface area contributed by atoms with Crippen molar-refractivity contribution in [2.75, 3.05) is 25.6 Å². The van der Waals surface area contributed by atoms with Gasteiger partial charge in [-0.3, -0.25) is 14.4 Å². The van der Waals surface area contributed by atoms with Crippen molar-refractivity contribution in [3.05, 3.63) is 40.7 Å². The normalized spacial score (nSPS) is 21.3. The largest absolute Gasteiger partial charge is 0.495 e. The number of carbonyl (C=O) groups is 5. The third-order valence-electron chi connectivity index (χ3n) is 9.22. The van der Waals surface area contributed by atoms with Crippen LogP contribution < -0.4 is 25.4 Å². The van der Waals surface area contributed by atoms with Gasteiger partial charge in [0.25, 0.3) is 0 Å². The maximum atomic E-state index is 14.4. The van der Waals surface area contributed by atoms with Gasteiger partial charge in [0.2, 0.25) is 17.7 Å². The number of nitrogens with one attached hydrogen (secondary N) is 3. The Kier molecular flexibility index (Phi) is 11.7. The van der Waals surface area contributed by atoms with E-state index in [-0.39, 0.29) is 38.3 Å². The Hall–Kier alpha value is -4.77. The number of aliphatic carboxylic acids is 1.